The molecule has 43 nitrogen and oxygen atoms in total. The molecule has 7 rings (SSSR count). The number of aromatic amines is 1. The fourth-order valence-corrected chi connectivity index (χ4v) is 14.8. The molecule has 0 saturated carbocycles. The van der Waals surface area contributed by atoms with Crippen LogP contribution in [0.1, 0.15) is 94.4 Å². The highest BCUT2D eigenvalue weighted by molar-refractivity contribution is 8.76. The number of carbonyl (C=O) groups excluding carboxylic acids is 14. The van der Waals surface area contributed by atoms with Gasteiger partial charge in [0.25, 0.3) is 0 Å². The number of primary amides is 2. The predicted molar refractivity (Wildman–Crippen MR) is 403 cm³/mol. The van der Waals surface area contributed by atoms with Crippen LogP contribution in [0.3, 0.4) is 0 Å². The van der Waals surface area contributed by atoms with Gasteiger partial charge in [0.05, 0.1) is 31.3 Å². The first-order valence-corrected chi connectivity index (χ1v) is 38.6. The Balaban J connectivity index is 1.40. The maximum atomic E-state index is 15.3. The lowest BCUT2D eigenvalue weighted by atomic mass is 10.0. The number of aromatic hydroxyl groups is 1. The molecule has 3 aliphatic heterocycles. The highest BCUT2D eigenvalue weighted by Gasteiger charge is 2.43. The number of aliphatic carboxylic acids is 2. The van der Waals surface area contributed by atoms with Crippen LogP contribution in [0.5, 0.6) is 5.75 Å². The van der Waals surface area contributed by atoms with Gasteiger partial charge < -0.3 is 122 Å². The lowest BCUT2D eigenvalue weighted by Crippen LogP contribution is -2.62. The number of aliphatic hydroxyl groups is 1. The van der Waals surface area contributed by atoms with Crippen molar-refractivity contribution in [2.45, 2.75) is 182 Å². The van der Waals surface area contributed by atoms with E-state index in [2.05, 4.69) is 84.4 Å². The maximum Gasteiger partial charge on any atom is 0.326 e. The van der Waals surface area contributed by atoms with Gasteiger partial charge in [0.1, 0.15) is 78.3 Å². The molecule has 13 atom stereocenters. The fraction of sp³-hybridized carbons (Fsp3) is 0.515. The van der Waals surface area contributed by atoms with Crippen molar-refractivity contribution >= 4 is 133 Å². The van der Waals surface area contributed by atoms with Crippen LogP contribution in [0.25, 0.3) is 10.9 Å². The van der Waals surface area contributed by atoms with E-state index < -0.39 is 223 Å². The van der Waals surface area contributed by atoms with Crippen molar-refractivity contribution < 1.29 is 97.1 Å². The fourth-order valence-electron chi connectivity index (χ4n) is 12.4. The summed E-state index contributed by atoms with van der Waals surface area (Å²) in [6, 6.07) is -9.92. The van der Waals surface area contributed by atoms with Crippen LogP contribution in [-0.4, -0.2) is 262 Å². The third kappa shape index (κ3) is 27.5. The Morgan fingerprint density at radius 2 is 1.29 bits per heavy atom. The number of aromatic nitrogens is 4. The SMILES string of the molecule is C[C@@H](O)[C@@H]1NC(=O)[C@@H]2Cn3cc(nn3)CCC[C@H](C(=O)N[C@@H](Cc3ccc(O)cc3)C(=O)O)NC(=O)[C@H](CCC(N)=O)NC(=O)[C@H](Cc3c[nH]c4ccccc34)NC(=O)[C@H](CCCNC(N)=O)NC(=O)[C@H](CSSCC(NC(=O)CN)C(=O)N2)NC(=O)[C@H](CCCNC(=N)N)NC(=O)C2CCCN2C(=O)[C@H](CC(=O)O)NC1=O. The van der Waals surface area contributed by atoms with Gasteiger partial charge in [0.15, 0.2) is 5.96 Å². The van der Waals surface area contributed by atoms with Crippen molar-refractivity contribution in [3.8, 4) is 5.75 Å². The second-order valence-electron chi connectivity index (χ2n) is 27.0. The first kappa shape index (κ1) is 88.3. The molecule has 3 aliphatic rings. The molecule has 2 unspecified atom stereocenters. The molecule has 2 fully saturated rings. The summed E-state index contributed by atoms with van der Waals surface area (Å²) >= 11 is 0. The summed E-state index contributed by atoms with van der Waals surface area (Å²) < 4.78 is 1.05. The summed E-state index contributed by atoms with van der Waals surface area (Å²) in [5.74, 6) is -19.1. The third-order valence-corrected chi connectivity index (χ3v) is 20.7. The van der Waals surface area contributed by atoms with Gasteiger partial charge in [0.2, 0.25) is 76.8 Å². The number of hydrogen-bond donors (Lipinski definition) is 23. The molecule has 45 heteroatoms. The molecular formula is C68H95N23O20S2. The summed E-state index contributed by atoms with van der Waals surface area (Å²) in [4.78, 5) is 231. The molecule has 4 aromatic rings. The van der Waals surface area contributed by atoms with Gasteiger partial charge in [-0.2, -0.15) is 0 Å². The average molecular weight is 1620 g/mol. The van der Waals surface area contributed by atoms with Gasteiger partial charge >= 0.3 is 18.0 Å². The molecule has 0 spiro atoms. The molecule has 4 bridgehead atoms. The number of aryl methyl sites for hydroxylation is 1. The van der Waals surface area contributed by atoms with E-state index in [0.29, 0.717) is 22.0 Å². The molecule has 27 N–H and O–H groups in total. The number of nitrogens with zero attached hydrogens (tertiary/aromatic N) is 4. The topological polar surface area (TPSA) is 688 Å². The normalized spacial score (nSPS) is 23.8. The molecule has 2 aromatic carbocycles. The number of benzene rings is 2. The summed E-state index contributed by atoms with van der Waals surface area (Å²) in [6.45, 7) is -0.821. The Labute approximate surface area is 653 Å². The number of aliphatic hydroxyl groups excluding tert-OH is 1. The summed E-state index contributed by atoms with van der Waals surface area (Å²) in [5.41, 5.74) is 23.7. The molecule has 2 aromatic heterocycles. The maximum absolute atomic E-state index is 15.3. The second kappa shape index (κ2) is 43.1. The van der Waals surface area contributed by atoms with Gasteiger partial charge in [-0.1, -0.05) is 57.1 Å². The van der Waals surface area contributed by atoms with Crippen LogP contribution in [0.15, 0.2) is 60.9 Å². The number of nitrogens with two attached hydrogens (primary N) is 4. The average Bonchev–Trinajstić information content (AvgIpc) is 1.73. The van der Waals surface area contributed by atoms with E-state index in [4.69, 9.17) is 28.3 Å². The van der Waals surface area contributed by atoms with Gasteiger partial charge in [-0.15, -0.1) is 5.10 Å². The highest BCUT2D eigenvalue weighted by atomic mass is 33.1. The molecule has 614 valence electrons. The van der Waals surface area contributed by atoms with E-state index in [1.54, 1.807) is 24.3 Å². The number of nitrogens with one attached hydrogen (secondary N) is 15. The molecule has 0 aliphatic carbocycles. The Bertz CT molecular complexity index is 4130. The standard InChI is InChI=1S/C68H95N23O20S2/c1-33(92)54-64(107)83-45(26-53(96)97)65(108)91-23-7-14-50(91)63(106)81-42(12-5-21-74-67(71)72)57(100)86-49-32-113-112-31-48(77-52(95)27-69)61(104)85-47(60(103)87-54)30-90-29-36(88-89-90)8-4-11-40(56(99)84-46(66(109)110)24-34-15-17-37(93)18-16-34)78-58(101)43(19-20-51(70)94)80-59(102)44(25-35-28-76-39-10-3-2-9-38(35)39)82-55(98)41(79-62(49)105)13-6-22-75-68(73)111/h2-3,9-10,15-18,28-29,33,40-50,54,76,92-93H,4-8,11-14,19-27,30-32,69H2,1H3,(H2,70,94)(H,77,95)(H,78,101)(H,79,105)(H,80,102)(H,81,106)(H,82,98)(H,83,107)(H,84,99)(H,85,104)(H,86,100)(H,87,103)(H,96,97)(H,109,110)(H4,71,72,74)(H3,73,75,111)/t33-,40-,41+,42+,43+,44+,45+,46+,47+,48?,49+,50?,54+/m1/s1. The van der Waals surface area contributed by atoms with E-state index in [1.807, 2.05) is 0 Å². The van der Waals surface area contributed by atoms with Crippen LogP contribution in [0, 0.1) is 5.41 Å². The Hall–Kier alpha value is -11.9. The monoisotopic (exact) mass is 1620 g/mol. The number of fused-ring (bicyclic) bond motifs is 12. The largest absolute Gasteiger partial charge is 0.508 e. The van der Waals surface area contributed by atoms with Crippen molar-refractivity contribution in [3.05, 3.63) is 77.7 Å². The number of amides is 15. The summed E-state index contributed by atoms with van der Waals surface area (Å²) in [6.07, 6.45) is -3.42. The van der Waals surface area contributed by atoms with Crippen molar-refractivity contribution in [1.82, 2.24) is 94.0 Å². The van der Waals surface area contributed by atoms with Crippen LogP contribution in [0.2, 0.25) is 0 Å². The Kier molecular flexibility index (Phi) is 33.7. The number of carbonyl (C=O) groups is 16. The smallest absolute Gasteiger partial charge is 0.326 e. The van der Waals surface area contributed by atoms with E-state index in [9.17, 15) is 78.0 Å². The van der Waals surface area contributed by atoms with Gasteiger partial charge in [-0.25, -0.2) is 14.3 Å². The van der Waals surface area contributed by atoms with Gasteiger partial charge in [-0.3, -0.25) is 72.5 Å². The lowest BCUT2D eigenvalue weighted by molar-refractivity contribution is -0.146. The number of urea groups is 1. The number of H-pyrrole nitrogens is 1. The zero-order chi connectivity index (χ0) is 82.6. The van der Waals surface area contributed by atoms with Crippen LogP contribution >= 0.6 is 21.6 Å². The number of carboxylic acids is 2. The van der Waals surface area contributed by atoms with E-state index >= 15 is 19.2 Å². The molecule has 2 saturated heterocycles. The molecule has 113 heavy (non-hydrogen) atoms. The third-order valence-electron chi connectivity index (χ3n) is 18.3. The minimum Gasteiger partial charge on any atom is -0.508 e. The zero-order valence-corrected chi connectivity index (χ0v) is 63.0. The van der Waals surface area contributed by atoms with E-state index in [-0.39, 0.29) is 102 Å². The molecule has 5 heterocycles. The summed E-state index contributed by atoms with van der Waals surface area (Å²) in [5, 5.41) is 90.8. The molecule has 15 amide bonds. The number of carboxylic acid groups (broad SMARTS) is 2. The molecular weight excluding hydrogens is 1520 g/mol. The Morgan fingerprint density at radius 3 is 1.96 bits per heavy atom. The summed E-state index contributed by atoms with van der Waals surface area (Å²) in [7, 11) is 1.61. The van der Waals surface area contributed by atoms with Crippen LogP contribution in [0.4, 0.5) is 4.79 Å². The van der Waals surface area contributed by atoms with Crippen LogP contribution < -0.4 is 92.1 Å². The number of guanidine groups is 1. The predicted octanol–water partition coefficient (Wildman–Crippen LogP) is -7.12. The van der Waals surface area contributed by atoms with E-state index in [1.165, 1.54) is 36.7 Å². The lowest BCUT2D eigenvalue weighted by Gasteiger charge is -2.31. The van der Waals surface area contributed by atoms with Crippen molar-refractivity contribution in [3.63, 3.8) is 0 Å². The number of phenols is 1. The van der Waals surface area contributed by atoms with Crippen molar-refractivity contribution in [2.24, 2.45) is 22.9 Å². The Morgan fingerprint density at radius 1 is 0.681 bits per heavy atom. The van der Waals surface area contributed by atoms with Gasteiger partial charge in [0, 0.05) is 73.7 Å². The first-order valence-electron chi connectivity index (χ1n) is 36.1. The number of para-hydroxylation sites is 1. The number of hydrogen-bond acceptors (Lipinski definition) is 24. The van der Waals surface area contributed by atoms with Crippen molar-refractivity contribution in [1.29, 1.82) is 5.41 Å². The minimum absolute atomic E-state index is 0.0267. The van der Waals surface area contributed by atoms with Crippen molar-refractivity contribution in [2.75, 3.05) is 37.7 Å². The zero-order valence-electron chi connectivity index (χ0n) is 61.4. The van der Waals surface area contributed by atoms with Crippen LogP contribution in [-0.2, 0) is 97.7 Å². The highest BCUT2D eigenvalue weighted by Crippen LogP contribution is 2.26. The van der Waals surface area contributed by atoms with Gasteiger partial charge in [-0.05, 0) is 100 Å². The van der Waals surface area contributed by atoms with E-state index in [0.717, 1.165) is 38.1 Å². The minimum atomic E-state index is -2.06. The molecule has 0 radical (unpaired) electrons. The number of phenolic OH excluding ortho intramolecular Hbond substituents is 1. The first-order chi connectivity index (χ1) is 53.8. The quantitative estimate of drug-likeness (QED) is 0.0142. The second-order valence-corrected chi connectivity index (χ2v) is 29.5. The number of rotatable bonds is 23.